The summed E-state index contributed by atoms with van der Waals surface area (Å²) in [4.78, 5) is 37.6. The molecule has 41 heavy (non-hydrogen) atoms. The highest BCUT2D eigenvalue weighted by Gasteiger charge is 2.44. The Hall–Kier alpha value is -1.55. The molecule has 0 fully saturated rings. The maximum Gasteiger partial charge on any atom is 0.306 e. The van der Waals surface area contributed by atoms with Crippen LogP contribution in [0.5, 0.6) is 0 Å². The average molecular weight is 586 g/mol. The van der Waals surface area contributed by atoms with Crippen molar-refractivity contribution < 1.29 is 29.0 Å². The minimum atomic E-state index is -0.911. The molecule has 0 saturated heterocycles. The molecule has 4 N–H and O–H groups in total. The van der Waals surface area contributed by atoms with Crippen molar-refractivity contribution in [3.05, 3.63) is 0 Å². The third-order valence-corrected chi connectivity index (χ3v) is 7.06. The summed E-state index contributed by atoms with van der Waals surface area (Å²) < 4.78 is 12.0. The van der Waals surface area contributed by atoms with Gasteiger partial charge in [0.2, 0.25) is 5.91 Å². The van der Waals surface area contributed by atoms with Crippen molar-refractivity contribution in [1.82, 2.24) is 16.0 Å². The van der Waals surface area contributed by atoms with Crippen molar-refractivity contribution in [2.75, 3.05) is 19.8 Å². The number of amides is 1. The van der Waals surface area contributed by atoms with Crippen LogP contribution in [0.2, 0.25) is 0 Å². The Bertz CT molecular complexity index is 888. The van der Waals surface area contributed by atoms with E-state index in [1.165, 1.54) is 0 Å². The quantitative estimate of drug-likeness (QED) is 0.153. The van der Waals surface area contributed by atoms with Crippen molar-refractivity contribution in [2.24, 2.45) is 5.41 Å². The smallest absolute Gasteiger partial charge is 0.306 e. The normalized spacial score (nSPS) is 14.2. The van der Waals surface area contributed by atoms with Gasteiger partial charge < -0.3 is 25.2 Å². The van der Waals surface area contributed by atoms with Crippen molar-refractivity contribution in [2.45, 2.75) is 163 Å². The van der Waals surface area contributed by atoms with Gasteiger partial charge in [0.05, 0.1) is 36.2 Å². The molecule has 0 bridgehead atoms. The standard InChI is InChI=1S/C32H63N3O6/c1-16-33-28(6,7)21-26(2,3)25(39)32(14,15)35-29(8,9)22-41-30(10,11)19-23(36)34-27(4,5)17-18-40-31(12,13)20-24(37)38/h33,35H,16-22H2,1-15H3,(H,34,36)(H,37,38). The number of carboxylic acid groups (broad SMARTS) is 1. The Labute approximate surface area is 250 Å². The van der Waals surface area contributed by atoms with Crippen molar-refractivity contribution in [1.29, 1.82) is 0 Å². The van der Waals surface area contributed by atoms with Crippen LogP contribution in [0.1, 0.15) is 130 Å². The Kier molecular flexibility index (Phi) is 13.7. The average Bonchev–Trinajstić information content (AvgIpc) is 2.67. The fraction of sp³-hybridized carbons (Fsp3) is 0.906. The first-order valence-electron chi connectivity index (χ1n) is 15.0. The van der Waals surface area contributed by atoms with E-state index >= 15 is 0 Å². The lowest BCUT2D eigenvalue weighted by molar-refractivity contribution is -0.144. The van der Waals surface area contributed by atoms with Crippen molar-refractivity contribution >= 4 is 17.7 Å². The van der Waals surface area contributed by atoms with Crippen LogP contribution in [0.3, 0.4) is 0 Å². The number of aliphatic carboxylic acids is 1. The number of nitrogens with one attached hydrogen (secondary N) is 3. The van der Waals surface area contributed by atoms with E-state index in [1.807, 2.05) is 69.2 Å². The SMILES string of the molecule is CCNC(C)(C)CC(C)(C)C(=O)C(C)(C)NC(C)(C)COC(C)(C)CC(=O)NC(C)(C)CCOC(C)(C)CC(=O)O. The van der Waals surface area contributed by atoms with Gasteiger partial charge in [-0.15, -0.1) is 0 Å². The molecule has 0 spiro atoms. The highest BCUT2D eigenvalue weighted by molar-refractivity contribution is 5.92. The van der Waals surface area contributed by atoms with Crippen LogP contribution in [-0.2, 0) is 23.9 Å². The number of Topliss-reactive ketones (excluding diaryl/α,β-unsaturated/α-hetero) is 1. The molecular formula is C32H63N3O6. The van der Waals surface area contributed by atoms with Crippen molar-refractivity contribution in [3.63, 3.8) is 0 Å². The number of ether oxygens (including phenoxy) is 2. The molecule has 0 aromatic carbocycles. The van der Waals surface area contributed by atoms with Gasteiger partial charge in [0.15, 0.2) is 5.78 Å². The number of carbonyl (C=O) groups is 3. The van der Waals surface area contributed by atoms with Crippen LogP contribution >= 0.6 is 0 Å². The zero-order valence-electron chi connectivity index (χ0n) is 28.9. The third-order valence-electron chi connectivity index (χ3n) is 7.06. The van der Waals surface area contributed by atoms with E-state index in [4.69, 9.17) is 14.6 Å². The Morgan fingerprint density at radius 1 is 0.707 bits per heavy atom. The van der Waals surface area contributed by atoms with E-state index in [1.54, 1.807) is 13.8 Å². The molecule has 0 aliphatic carbocycles. The van der Waals surface area contributed by atoms with Gasteiger partial charge in [-0.05, 0) is 102 Å². The monoisotopic (exact) mass is 585 g/mol. The van der Waals surface area contributed by atoms with E-state index in [0.717, 1.165) is 6.54 Å². The zero-order chi connectivity index (χ0) is 32.7. The predicted molar refractivity (Wildman–Crippen MR) is 166 cm³/mol. The summed E-state index contributed by atoms with van der Waals surface area (Å²) in [5.41, 5.74) is -4.06. The minimum Gasteiger partial charge on any atom is -0.481 e. The number of ketones is 1. The third kappa shape index (κ3) is 16.0. The Balaban J connectivity index is 5.07. The molecule has 0 aliphatic heterocycles. The fourth-order valence-electron chi connectivity index (χ4n) is 5.81. The van der Waals surface area contributed by atoms with Gasteiger partial charge in [0, 0.05) is 28.6 Å². The fourth-order valence-corrected chi connectivity index (χ4v) is 5.81. The maximum atomic E-state index is 13.7. The number of carboxylic acids is 1. The molecule has 0 aromatic rings. The van der Waals surface area contributed by atoms with Crippen LogP contribution in [0.15, 0.2) is 0 Å². The van der Waals surface area contributed by atoms with E-state index in [2.05, 4.69) is 36.7 Å². The molecule has 1 amide bonds. The summed E-state index contributed by atoms with van der Waals surface area (Å²) in [5.74, 6) is -0.914. The number of hydrogen-bond donors (Lipinski definition) is 4. The van der Waals surface area contributed by atoms with Gasteiger partial charge in [-0.25, -0.2) is 0 Å². The highest BCUT2D eigenvalue weighted by atomic mass is 16.5. The van der Waals surface area contributed by atoms with Crippen LogP contribution in [0.25, 0.3) is 0 Å². The van der Waals surface area contributed by atoms with Gasteiger partial charge in [-0.1, -0.05) is 20.8 Å². The second-order valence-corrected chi connectivity index (χ2v) is 16.0. The first-order chi connectivity index (χ1) is 18.1. The van der Waals surface area contributed by atoms with Gasteiger partial charge in [0.1, 0.15) is 0 Å². The summed E-state index contributed by atoms with van der Waals surface area (Å²) in [6.07, 6.45) is 1.31. The molecule has 242 valence electrons. The molecule has 0 saturated carbocycles. The molecule has 0 atom stereocenters. The van der Waals surface area contributed by atoms with Gasteiger partial charge in [-0.2, -0.15) is 0 Å². The molecule has 9 nitrogen and oxygen atoms in total. The first-order valence-corrected chi connectivity index (χ1v) is 15.0. The number of rotatable bonds is 20. The minimum absolute atomic E-state index is 0.0890. The topological polar surface area (TPSA) is 126 Å². The largest absolute Gasteiger partial charge is 0.481 e. The highest BCUT2D eigenvalue weighted by Crippen LogP contribution is 2.33. The predicted octanol–water partition coefficient (Wildman–Crippen LogP) is 5.25. The summed E-state index contributed by atoms with van der Waals surface area (Å²) in [6.45, 7) is 30.7. The maximum absolute atomic E-state index is 13.7. The molecule has 9 heteroatoms. The molecule has 0 unspecified atom stereocenters. The summed E-state index contributed by atoms with van der Waals surface area (Å²) in [5, 5.41) is 19.1. The van der Waals surface area contributed by atoms with Crippen molar-refractivity contribution in [3.8, 4) is 0 Å². The number of hydrogen-bond acceptors (Lipinski definition) is 7. The Morgan fingerprint density at radius 2 is 1.22 bits per heavy atom. The lowest BCUT2D eigenvalue weighted by atomic mass is 9.71. The zero-order valence-corrected chi connectivity index (χ0v) is 28.9. The van der Waals surface area contributed by atoms with Gasteiger partial charge in [0.25, 0.3) is 0 Å². The molecule has 0 rings (SSSR count). The summed E-state index contributed by atoms with van der Waals surface area (Å²) in [6, 6.07) is 0. The lowest BCUT2D eigenvalue weighted by Gasteiger charge is -2.43. The van der Waals surface area contributed by atoms with Crippen LogP contribution in [0, 0.1) is 5.41 Å². The first kappa shape index (κ1) is 39.5. The van der Waals surface area contributed by atoms with Gasteiger partial charge >= 0.3 is 5.97 Å². The lowest BCUT2D eigenvalue weighted by Crippen LogP contribution is -2.62. The van der Waals surface area contributed by atoms with E-state index in [-0.39, 0.29) is 30.1 Å². The molecule has 0 radical (unpaired) electrons. The summed E-state index contributed by atoms with van der Waals surface area (Å²) in [7, 11) is 0. The van der Waals surface area contributed by atoms with E-state index in [0.29, 0.717) is 26.1 Å². The van der Waals surface area contributed by atoms with E-state index in [9.17, 15) is 14.4 Å². The second-order valence-electron chi connectivity index (χ2n) is 16.0. The number of carbonyl (C=O) groups excluding carboxylic acids is 2. The van der Waals surface area contributed by atoms with Crippen LogP contribution in [-0.4, -0.2) is 75.9 Å². The second kappa shape index (κ2) is 14.3. The molecule has 0 aliphatic rings. The Morgan fingerprint density at radius 3 is 1.71 bits per heavy atom. The van der Waals surface area contributed by atoms with Crippen LogP contribution < -0.4 is 16.0 Å². The van der Waals surface area contributed by atoms with E-state index < -0.39 is 39.2 Å². The molecule has 0 aromatic heterocycles. The van der Waals surface area contributed by atoms with Gasteiger partial charge in [-0.3, -0.25) is 19.7 Å². The van der Waals surface area contributed by atoms with Crippen LogP contribution in [0.4, 0.5) is 0 Å². The molecular weight excluding hydrogens is 522 g/mol. The summed E-state index contributed by atoms with van der Waals surface area (Å²) >= 11 is 0. The molecule has 0 heterocycles.